The van der Waals surface area contributed by atoms with Gasteiger partial charge in [-0.05, 0) is 42.0 Å². The summed E-state index contributed by atoms with van der Waals surface area (Å²) < 4.78 is 69.9. The van der Waals surface area contributed by atoms with Gasteiger partial charge >= 0.3 is 6.18 Å². The zero-order valence-corrected chi connectivity index (χ0v) is 18.8. The number of alkyl halides is 3. The van der Waals surface area contributed by atoms with E-state index in [9.17, 15) is 26.4 Å². The predicted molar refractivity (Wildman–Crippen MR) is 120 cm³/mol. The van der Waals surface area contributed by atoms with Gasteiger partial charge in [-0.25, -0.2) is 18.4 Å². The second-order valence-corrected chi connectivity index (χ2v) is 8.83. The molecule has 3 aromatic rings. The van der Waals surface area contributed by atoms with Gasteiger partial charge in [0.1, 0.15) is 5.82 Å². The summed E-state index contributed by atoms with van der Waals surface area (Å²) >= 11 is 0. The largest absolute Gasteiger partial charge is 0.481 e. The van der Waals surface area contributed by atoms with Gasteiger partial charge in [-0.2, -0.15) is 13.2 Å². The molecule has 13 heteroatoms. The third-order valence-electron chi connectivity index (χ3n) is 4.34. The van der Waals surface area contributed by atoms with Crippen molar-refractivity contribution < 1.29 is 31.1 Å². The van der Waals surface area contributed by atoms with E-state index < -0.39 is 27.7 Å². The molecule has 180 valence electrons. The number of nitrogens with zero attached hydrogens (tertiary/aromatic N) is 2. The van der Waals surface area contributed by atoms with Gasteiger partial charge in [-0.3, -0.25) is 9.52 Å². The summed E-state index contributed by atoms with van der Waals surface area (Å²) in [4.78, 5) is 21.0. The number of hydrogen-bond donors (Lipinski definition) is 3. The lowest BCUT2D eigenvalue weighted by atomic mass is 10.1. The zero-order valence-electron chi connectivity index (χ0n) is 18.0. The molecule has 0 radical (unpaired) electrons. The molecule has 0 aliphatic rings. The molecule has 1 amide bonds. The molecule has 3 rings (SSSR count). The van der Waals surface area contributed by atoms with Crippen LogP contribution in [0.3, 0.4) is 0 Å². The highest BCUT2D eigenvalue weighted by Gasteiger charge is 2.31. The lowest BCUT2D eigenvalue weighted by molar-refractivity contribution is -0.137. The fraction of sp³-hybridized carbons (Fsp3) is 0.190. The molecule has 3 N–H and O–H groups in total. The van der Waals surface area contributed by atoms with Crippen molar-refractivity contribution >= 4 is 33.1 Å². The van der Waals surface area contributed by atoms with Gasteiger partial charge in [0.15, 0.2) is 0 Å². The molecular weight excluding hydrogens is 475 g/mol. The first kappa shape index (κ1) is 24.8. The molecule has 0 atom stereocenters. The summed E-state index contributed by atoms with van der Waals surface area (Å²) in [5.74, 6) is -0.147. The molecule has 0 spiro atoms. The SMILES string of the molecule is COc1cc(CNc2ncccc2C(=O)Nc2cc(NS(C)(=O)=O)cc(C(F)(F)F)c2)ccn1. The number of aromatic nitrogens is 2. The fourth-order valence-electron chi connectivity index (χ4n) is 2.92. The van der Waals surface area contributed by atoms with Crippen molar-refractivity contribution in [3.05, 3.63) is 71.5 Å². The number of anilines is 3. The van der Waals surface area contributed by atoms with Gasteiger partial charge in [0.05, 0.1) is 30.2 Å². The second kappa shape index (κ2) is 9.95. The van der Waals surface area contributed by atoms with E-state index in [0.29, 0.717) is 18.0 Å². The van der Waals surface area contributed by atoms with Gasteiger partial charge in [-0.15, -0.1) is 0 Å². The van der Waals surface area contributed by atoms with Gasteiger partial charge < -0.3 is 15.4 Å². The number of amides is 1. The quantitative estimate of drug-likeness (QED) is 0.435. The molecule has 0 unspecified atom stereocenters. The summed E-state index contributed by atoms with van der Waals surface area (Å²) in [5, 5.41) is 5.37. The van der Waals surface area contributed by atoms with Crippen molar-refractivity contribution in [1.82, 2.24) is 9.97 Å². The number of sulfonamides is 1. The van der Waals surface area contributed by atoms with Crippen LogP contribution in [0.25, 0.3) is 0 Å². The normalized spacial score (nSPS) is 11.6. The maximum absolute atomic E-state index is 13.3. The Morgan fingerprint density at radius 3 is 2.47 bits per heavy atom. The molecule has 34 heavy (non-hydrogen) atoms. The number of methoxy groups -OCH3 is 1. The van der Waals surface area contributed by atoms with Crippen molar-refractivity contribution in [1.29, 1.82) is 0 Å². The summed E-state index contributed by atoms with van der Waals surface area (Å²) in [6, 6.07) is 8.79. The van der Waals surface area contributed by atoms with Crippen LogP contribution in [0, 0.1) is 0 Å². The highest BCUT2D eigenvalue weighted by molar-refractivity contribution is 7.92. The number of rotatable bonds is 8. The fourth-order valence-corrected chi connectivity index (χ4v) is 3.47. The van der Waals surface area contributed by atoms with Crippen LogP contribution in [-0.2, 0) is 22.7 Å². The highest BCUT2D eigenvalue weighted by atomic mass is 32.2. The van der Waals surface area contributed by atoms with E-state index in [4.69, 9.17) is 4.74 Å². The lowest BCUT2D eigenvalue weighted by Gasteiger charge is -2.15. The third-order valence-corrected chi connectivity index (χ3v) is 4.95. The molecule has 1 aromatic carbocycles. The van der Waals surface area contributed by atoms with E-state index in [1.165, 1.54) is 25.4 Å². The minimum Gasteiger partial charge on any atom is -0.481 e. The molecule has 2 heterocycles. The smallest absolute Gasteiger partial charge is 0.416 e. The van der Waals surface area contributed by atoms with Gasteiger partial charge in [0.2, 0.25) is 15.9 Å². The third kappa shape index (κ3) is 6.81. The second-order valence-electron chi connectivity index (χ2n) is 7.08. The van der Waals surface area contributed by atoms with E-state index in [1.807, 2.05) is 4.72 Å². The monoisotopic (exact) mass is 495 g/mol. The summed E-state index contributed by atoms with van der Waals surface area (Å²) in [6.45, 7) is 0.266. The van der Waals surface area contributed by atoms with E-state index in [-0.39, 0.29) is 29.3 Å². The highest BCUT2D eigenvalue weighted by Crippen LogP contribution is 2.34. The Bertz CT molecular complexity index is 1300. The number of nitrogens with one attached hydrogen (secondary N) is 3. The minimum absolute atomic E-state index is 0.0681. The number of carbonyl (C=O) groups excluding carboxylic acids is 1. The number of carbonyl (C=O) groups is 1. The molecule has 0 saturated carbocycles. The predicted octanol–water partition coefficient (Wildman–Crippen LogP) is 3.74. The van der Waals surface area contributed by atoms with Crippen LogP contribution < -0.4 is 20.1 Å². The Kier molecular flexibility index (Phi) is 7.25. The molecule has 0 aliphatic carbocycles. The number of ether oxygens (including phenoxy) is 1. The van der Waals surface area contributed by atoms with Crippen molar-refractivity contribution in [2.45, 2.75) is 12.7 Å². The molecule has 0 saturated heterocycles. The number of benzene rings is 1. The molecule has 0 bridgehead atoms. The van der Waals surface area contributed by atoms with E-state index in [0.717, 1.165) is 17.9 Å². The van der Waals surface area contributed by atoms with Crippen molar-refractivity contribution in [2.24, 2.45) is 0 Å². The van der Waals surface area contributed by atoms with Crippen molar-refractivity contribution in [3.8, 4) is 5.88 Å². The Labute approximate surface area is 193 Å². The maximum Gasteiger partial charge on any atom is 0.416 e. The van der Waals surface area contributed by atoms with E-state index in [2.05, 4.69) is 20.6 Å². The maximum atomic E-state index is 13.3. The van der Waals surface area contributed by atoms with Crippen LogP contribution in [0.15, 0.2) is 54.9 Å². The van der Waals surface area contributed by atoms with Crippen molar-refractivity contribution in [3.63, 3.8) is 0 Å². The molecule has 0 aliphatic heterocycles. The topological polar surface area (TPSA) is 122 Å². The number of hydrogen-bond acceptors (Lipinski definition) is 7. The van der Waals surface area contributed by atoms with Gasteiger partial charge in [-0.1, -0.05) is 0 Å². The van der Waals surface area contributed by atoms with Crippen LogP contribution in [0.2, 0.25) is 0 Å². The van der Waals surface area contributed by atoms with Crippen molar-refractivity contribution in [2.75, 3.05) is 28.7 Å². The lowest BCUT2D eigenvalue weighted by Crippen LogP contribution is -2.17. The number of halogens is 3. The molecular formula is C21H20F3N5O4S. The van der Waals surface area contributed by atoms with Crippen LogP contribution in [0.1, 0.15) is 21.5 Å². The van der Waals surface area contributed by atoms with Crippen LogP contribution >= 0.6 is 0 Å². The van der Waals surface area contributed by atoms with Crippen LogP contribution in [-0.4, -0.2) is 37.7 Å². The summed E-state index contributed by atoms with van der Waals surface area (Å²) in [7, 11) is -2.37. The van der Waals surface area contributed by atoms with Gasteiger partial charge in [0.25, 0.3) is 5.91 Å². The first-order chi connectivity index (χ1) is 15.9. The van der Waals surface area contributed by atoms with Gasteiger partial charge in [0, 0.05) is 30.7 Å². The Balaban J connectivity index is 1.85. The standard InChI is InChI=1S/C21H20F3N5O4S/c1-33-18-8-13(5-7-25-18)12-27-19-17(4-3-6-26-19)20(30)28-15-9-14(21(22,23)24)10-16(11-15)29-34(2,31)32/h3-11,29H,12H2,1-2H3,(H,26,27)(H,28,30). The Hall–Kier alpha value is -3.87. The van der Waals surface area contributed by atoms with E-state index >= 15 is 0 Å². The zero-order chi connectivity index (χ0) is 24.9. The molecule has 2 aromatic heterocycles. The Morgan fingerprint density at radius 2 is 1.79 bits per heavy atom. The van der Waals surface area contributed by atoms with Crippen LogP contribution in [0.5, 0.6) is 5.88 Å². The average Bonchev–Trinajstić information content (AvgIpc) is 2.76. The van der Waals surface area contributed by atoms with Crippen LogP contribution in [0.4, 0.5) is 30.4 Å². The Morgan fingerprint density at radius 1 is 1.06 bits per heavy atom. The number of pyridine rings is 2. The summed E-state index contributed by atoms with van der Waals surface area (Å²) in [6.07, 6.45) is -0.957. The molecule has 9 nitrogen and oxygen atoms in total. The molecule has 0 fully saturated rings. The summed E-state index contributed by atoms with van der Waals surface area (Å²) in [5.41, 5.74) is -0.868. The first-order valence-electron chi connectivity index (χ1n) is 9.64. The first-order valence-corrected chi connectivity index (χ1v) is 11.5. The average molecular weight is 495 g/mol. The minimum atomic E-state index is -4.76. The van der Waals surface area contributed by atoms with E-state index in [1.54, 1.807) is 18.3 Å².